The third-order valence-corrected chi connectivity index (χ3v) is 4.00. The zero-order valence-electron chi connectivity index (χ0n) is 11.4. The van der Waals surface area contributed by atoms with Crippen LogP contribution in [0.5, 0.6) is 0 Å². The van der Waals surface area contributed by atoms with Gasteiger partial charge in [-0.05, 0) is 30.9 Å². The maximum atomic E-state index is 11.4. The van der Waals surface area contributed by atoms with E-state index in [0.29, 0.717) is 17.7 Å². The van der Waals surface area contributed by atoms with Crippen LogP contribution < -0.4 is 4.90 Å². The lowest BCUT2D eigenvalue weighted by Gasteiger charge is -2.28. The third kappa shape index (κ3) is 1.91. The van der Waals surface area contributed by atoms with Crippen LogP contribution in [0.4, 0.5) is 5.82 Å². The van der Waals surface area contributed by atoms with Gasteiger partial charge in [0.25, 0.3) is 0 Å². The van der Waals surface area contributed by atoms with Gasteiger partial charge in [-0.25, -0.2) is 4.98 Å². The summed E-state index contributed by atoms with van der Waals surface area (Å²) < 4.78 is 1.87. The molecule has 0 bridgehead atoms. The number of hydrogen-bond donors (Lipinski definition) is 0. The molecule has 0 N–H and O–H groups in total. The Morgan fingerprint density at radius 3 is 3.00 bits per heavy atom. The molecule has 1 aliphatic heterocycles. The Kier molecular flexibility index (Phi) is 3.01. The molecule has 3 rings (SSSR count). The number of pyridine rings is 1. The molecule has 0 aliphatic carbocycles. The molecule has 0 saturated carbocycles. The molecule has 0 aromatic carbocycles. The largest absolute Gasteiger partial charge is 0.351 e. The van der Waals surface area contributed by atoms with Crippen LogP contribution in [0, 0.1) is 5.92 Å². The van der Waals surface area contributed by atoms with Crippen LogP contribution in [0.3, 0.4) is 0 Å². The summed E-state index contributed by atoms with van der Waals surface area (Å²) in [5.41, 5.74) is 1.51. The molecule has 1 aliphatic rings. The molecule has 0 spiro atoms. The molecule has 1 unspecified atom stereocenters. The minimum absolute atomic E-state index is 0.489. The number of nitrogens with zero attached hydrogens (tertiary/aromatic N) is 3. The minimum atomic E-state index is 0.489. The Morgan fingerprint density at radius 1 is 1.42 bits per heavy atom. The first kappa shape index (κ1) is 12.2. The predicted octanol–water partition coefficient (Wildman–Crippen LogP) is 2.77. The number of carbonyl (C=O) groups excluding carboxylic acids is 1. The zero-order chi connectivity index (χ0) is 13.4. The first-order valence-electron chi connectivity index (χ1n) is 6.91. The Balaban J connectivity index is 2.11. The molecule has 100 valence electrons. The van der Waals surface area contributed by atoms with Gasteiger partial charge in [-0.15, -0.1) is 0 Å². The average Bonchev–Trinajstić information content (AvgIpc) is 3.02. The van der Waals surface area contributed by atoms with E-state index in [0.717, 1.165) is 24.3 Å². The van der Waals surface area contributed by atoms with E-state index in [-0.39, 0.29) is 0 Å². The molecule has 19 heavy (non-hydrogen) atoms. The molecule has 1 fully saturated rings. The molecule has 3 heterocycles. The molecular formula is C15H19N3O. The van der Waals surface area contributed by atoms with E-state index in [1.165, 1.54) is 12.8 Å². The maximum Gasteiger partial charge on any atom is 0.170 e. The topological polar surface area (TPSA) is 37.6 Å². The number of rotatable bonds is 3. The van der Waals surface area contributed by atoms with Gasteiger partial charge in [0.15, 0.2) is 12.1 Å². The monoisotopic (exact) mass is 257 g/mol. The highest BCUT2D eigenvalue weighted by atomic mass is 16.1. The average molecular weight is 257 g/mol. The van der Waals surface area contributed by atoms with Crippen LogP contribution in [0.1, 0.15) is 37.2 Å². The van der Waals surface area contributed by atoms with Crippen LogP contribution in [0.25, 0.3) is 5.65 Å². The number of imidazole rings is 1. The Hall–Kier alpha value is -1.84. The SMILES string of the molecule is CC(C)C1CCCN1c1nc2ccccn2c1C=O. The Bertz CT molecular complexity index is 602. The summed E-state index contributed by atoms with van der Waals surface area (Å²) >= 11 is 0. The van der Waals surface area contributed by atoms with Crippen molar-refractivity contribution in [1.82, 2.24) is 9.38 Å². The number of fused-ring (bicyclic) bond motifs is 1. The maximum absolute atomic E-state index is 11.4. The van der Waals surface area contributed by atoms with Crippen molar-refractivity contribution in [3.63, 3.8) is 0 Å². The number of aldehydes is 1. The van der Waals surface area contributed by atoms with E-state index in [9.17, 15) is 4.79 Å². The highest BCUT2D eigenvalue weighted by Gasteiger charge is 2.30. The van der Waals surface area contributed by atoms with Crippen LogP contribution in [-0.2, 0) is 0 Å². The standard InChI is InChI=1S/C15H19N3O/c1-11(2)12-6-5-9-18(12)15-13(10-19)17-8-4-3-7-14(17)16-15/h3-4,7-8,10-12H,5-6,9H2,1-2H3. The van der Waals surface area contributed by atoms with Gasteiger partial charge >= 0.3 is 0 Å². The third-order valence-electron chi connectivity index (χ3n) is 4.00. The zero-order valence-corrected chi connectivity index (χ0v) is 11.4. The quantitative estimate of drug-likeness (QED) is 0.793. The highest BCUT2D eigenvalue weighted by molar-refractivity contribution is 5.83. The van der Waals surface area contributed by atoms with Crippen molar-refractivity contribution in [3.8, 4) is 0 Å². The van der Waals surface area contributed by atoms with Crippen molar-refractivity contribution in [2.24, 2.45) is 5.92 Å². The normalized spacial score (nSPS) is 19.5. The summed E-state index contributed by atoms with van der Waals surface area (Å²) in [6.07, 6.45) is 5.18. The van der Waals surface area contributed by atoms with Crippen LogP contribution >= 0.6 is 0 Å². The minimum Gasteiger partial charge on any atom is -0.351 e. The van der Waals surface area contributed by atoms with Gasteiger partial charge in [0.05, 0.1) is 0 Å². The summed E-state index contributed by atoms with van der Waals surface area (Å²) in [6, 6.07) is 6.31. The predicted molar refractivity (Wildman–Crippen MR) is 75.8 cm³/mol. The lowest BCUT2D eigenvalue weighted by atomic mass is 10.0. The van der Waals surface area contributed by atoms with E-state index in [1.54, 1.807) is 0 Å². The highest BCUT2D eigenvalue weighted by Crippen LogP contribution is 2.31. The number of hydrogen-bond acceptors (Lipinski definition) is 3. The number of anilines is 1. The number of aromatic nitrogens is 2. The van der Waals surface area contributed by atoms with E-state index >= 15 is 0 Å². The fourth-order valence-corrected chi connectivity index (χ4v) is 3.07. The fraction of sp³-hybridized carbons (Fsp3) is 0.467. The second-order valence-electron chi connectivity index (χ2n) is 5.51. The molecule has 2 aromatic heterocycles. The van der Waals surface area contributed by atoms with Crippen molar-refractivity contribution in [1.29, 1.82) is 0 Å². The van der Waals surface area contributed by atoms with Gasteiger partial charge in [0, 0.05) is 18.8 Å². The van der Waals surface area contributed by atoms with Crippen LogP contribution in [0.15, 0.2) is 24.4 Å². The van der Waals surface area contributed by atoms with E-state index < -0.39 is 0 Å². The Labute approximate surface area is 113 Å². The summed E-state index contributed by atoms with van der Waals surface area (Å²) in [7, 11) is 0. The first-order chi connectivity index (χ1) is 9.22. The summed E-state index contributed by atoms with van der Waals surface area (Å²) in [5.74, 6) is 1.42. The molecule has 4 nitrogen and oxygen atoms in total. The second kappa shape index (κ2) is 4.68. The van der Waals surface area contributed by atoms with Gasteiger partial charge in [-0.1, -0.05) is 19.9 Å². The van der Waals surface area contributed by atoms with Crippen LogP contribution in [0.2, 0.25) is 0 Å². The van der Waals surface area contributed by atoms with E-state index in [1.807, 2.05) is 28.8 Å². The van der Waals surface area contributed by atoms with Gasteiger partial charge in [-0.2, -0.15) is 0 Å². The van der Waals surface area contributed by atoms with Gasteiger partial charge in [-0.3, -0.25) is 9.20 Å². The fourth-order valence-electron chi connectivity index (χ4n) is 3.07. The van der Waals surface area contributed by atoms with Crippen molar-refractivity contribution in [3.05, 3.63) is 30.1 Å². The lowest BCUT2D eigenvalue weighted by molar-refractivity contribution is 0.111. The van der Waals surface area contributed by atoms with E-state index in [2.05, 4.69) is 23.7 Å². The molecule has 4 heteroatoms. The second-order valence-corrected chi connectivity index (χ2v) is 5.51. The summed E-state index contributed by atoms with van der Waals surface area (Å²) in [4.78, 5) is 18.4. The van der Waals surface area contributed by atoms with Crippen molar-refractivity contribution in [2.75, 3.05) is 11.4 Å². The molecule has 0 radical (unpaired) electrons. The van der Waals surface area contributed by atoms with E-state index in [4.69, 9.17) is 0 Å². The Morgan fingerprint density at radius 2 is 2.26 bits per heavy atom. The molecular weight excluding hydrogens is 238 g/mol. The summed E-state index contributed by atoms with van der Waals surface area (Å²) in [5, 5.41) is 0. The van der Waals surface area contributed by atoms with Crippen molar-refractivity contribution < 1.29 is 4.79 Å². The lowest BCUT2D eigenvalue weighted by Crippen LogP contribution is -2.34. The molecule has 1 saturated heterocycles. The summed E-state index contributed by atoms with van der Waals surface area (Å²) in [6.45, 7) is 5.46. The van der Waals surface area contributed by atoms with Crippen molar-refractivity contribution in [2.45, 2.75) is 32.7 Å². The van der Waals surface area contributed by atoms with Crippen molar-refractivity contribution >= 4 is 17.8 Å². The smallest absolute Gasteiger partial charge is 0.170 e. The van der Waals surface area contributed by atoms with Gasteiger partial charge in [0.2, 0.25) is 0 Å². The van der Waals surface area contributed by atoms with Gasteiger partial charge in [0.1, 0.15) is 11.3 Å². The first-order valence-corrected chi connectivity index (χ1v) is 6.91. The number of carbonyl (C=O) groups is 1. The molecule has 0 amide bonds. The van der Waals surface area contributed by atoms with Crippen LogP contribution in [-0.4, -0.2) is 28.3 Å². The van der Waals surface area contributed by atoms with Gasteiger partial charge < -0.3 is 4.90 Å². The molecule has 2 aromatic rings. The molecule has 1 atom stereocenters.